The van der Waals surface area contributed by atoms with Gasteiger partial charge >= 0.3 is 0 Å². The number of hydrogen-bond donors (Lipinski definition) is 1. The Morgan fingerprint density at radius 2 is 2.26 bits per heavy atom. The van der Waals surface area contributed by atoms with E-state index in [2.05, 4.69) is 22.2 Å². The Balaban J connectivity index is 1.74. The number of benzene rings is 1. The van der Waals surface area contributed by atoms with E-state index < -0.39 is 9.84 Å². The highest BCUT2D eigenvalue weighted by atomic mass is 35.5. The monoisotopic (exact) mass is 446 g/mol. The summed E-state index contributed by atoms with van der Waals surface area (Å²) in [5, 5.41) is 9.20. The predicted molar refractivity (Wildman–Crippen MR) is 114 cm³/mol. The van der Waals surface area contributed by atoms with E-state index in [4.69, 9.17) is 23.8 Å². The first-order chi connectivity index (χ1) is 12.8. The van der Waals surface area contributed by atoms with E-state index in [0.29, 0.717) is 27.2 Å². The maximum atomic E-state index is 11.8. The van der Waals surface area contributed by atoms with Gasteiger partial charge < -0.3 is 5.32 Å². The van der Waals surface area contributed by atoms with Gasteiger partial charge in [0, 0.05) is 16.8 Å². The Hall–Kier alpha value is -1.00. The number of nitrogens with zero attached hydrogens (tertiary/aromatic N) is 3. The number of sulfone groups is 1. The Labute approximate surface area is 174 Å². The van der Waals surface area contributed by atoms with Gasteiger partial charge in [-0.25, -0.2) is 13.1 Å². The number of nitrogens with one attached hydrogen (secondary N) is 1. The molecule has 1 N–H and O–H groups in total. The molecule has 0 amide bonds. The summed E-state index contributed by atoms with van der Waals surface area (Å²) in [6.07, 6.45) is 1.62. The van der Waals surface area contributed by atoms with Crippen LogP contribution < -0.4 is 5.32 Å². The summed E-state index contributed by atoms with van der Waals surface area (Å²) >= 11 is 13.0. The molecule has 1 aromatic carbocycles. The van der Waals surface area contributed by atoms with Crippen molar-refractivity contribution < 1.29 is 8.42 Å². The van der Waals surface area contributed by atoms with E-state index in [1.807, 2.05) is 25.1 Å². The van der Waals surface area contributed by atoms with E-state index >= 15 is 0 Å². The zero-order valence-corrected chi connectivity index (χ0v) is 18.5. The standard InChI is InChI=1S/C17H23ClN4O2S3/c1-3-7-21(14-6-8-27(23,24)10-14)11-22-17(25)26-16(20-22)19-13-5-4-12(2)15(18)9-13/h4-5,9,14H,3,6-8,10-11H2,1-2H3,(H,19,20)/t14-/m0/s1. The van der Waals surface area contributed by atoms with Crippen LogP contribution in [0.25, 0.3) is 0 Å². The summed E-state index contributed by atoms with van der Waals surface area (Å²) in [5.74, 6) is 0.485. The number of rotatable bonds is 7. The van der Waals surface area contributed by atoms with Crippen LogP contribution in [0.5, 0.6) is 0 Å². The molecule has 148 valence electrons. The van der Waals surface area contributed by atoms with Crippen LogP contribution in [-0.2, 0) is 16.5 Å². The molecule has 0 aliphatic carbocycles. The van der Waals surface area contributed by atoms with Crippen LogP contribution in [0.4, 0.5) is 10.8 Å². The summed E-state index contributed by atoms with van der Waals surface area (Å²) < 4.78 is 26.1. The Morgan fingerprint density at radius 3 is 2.89 bits per heavy atom. The van der Waals surface area contributed by atoms with Gasteiger partial charge in [0.2, 0.25) is 5.13 Å². The highest BCUT2D eigenvalue weighted by Crippen LogP contribution is 2.25. The second-order valence-electron chi connectivity index (χ2n) is 6.77. The van der Waals surface area contributed by atoms with Gasteiger partial charge in [0.1, 0.15) is 0 Å². The lowest BCUT2D eigenvalue weighted by Gasteiger charge is -2.27. The third kappa shape index (κ3) is 5.29. The third-order valence-corrected chi connectivity index (χ3v) is 7.96. The molecule has 0 saturated carbocycles. The van der Waals surface area contributed by atoms with Crippen molar-refractivity contribution in [3.8, 4) is 0 Å². The van der Waals surface area contributed by atoms with Crippen LogP contribution in [-0.4, -0.2) is 47.2 Å². The molecular formula is C17H23ClN4O2S3. The molecule has 3 rings (SSSR count). The third-order valence-electron chi connectivity index (χ3n) is 4.58. The largest absolute Gasteiger partial charge is 0.330 e. The number of aryl methyl sites for hydroxylation is 1. The molecule has 2 heterocycles. The van der Waals surface area contributed by atoms with Gasteiger partial charge in [-0.15, -0.1) is 5.10 Å². The van der Waals surface area contributed by atoms with E-state index in [1.165, 1.54) is 11.3 Å². The van der Waals surface area contributed by atoms with E-state index in [0.717, 1.165) is 24.2 Å². The number of aromatic nitrogens is 2. The molecule has 1 atom stereocenters. The minimum atomic E-state index is -2.92. The van der Waals surface area contributed by atoms with Gasteiger partial charge in [-0.2, -0.15) is 0 Å². The summed E-state index contributed by atoms with van der Waals surface area (Å²) in [6, 6.07) is 5.79. The molecule has 0 radical (unpaired) electrons. The van der Waals surface area contributed by atoms with E-state index in [9.17, 15) is 8.42 Å². The first kappa shape index (κ1) is 20.7. The molecule has 2 aromatic rings. The summed E-state index contributed by atoms with van der Waals surface area (Å²) in [7, 11) is -2.92. The number of hydrogen-bond acceptors (Lipinski definition) is 7. The fourth-order valence-electron chi connectivity index (χ4n) is 3.13. The van der Waals surface area contributed by atoms with Crippen molar-refractivity contribution in [2.24, 2.45) is 0 Å². The first-order valence-corrected chi connectivity index (χ1v) is 12.3. The maximum absolute atomic E-state index is 11.8. The summed E-state index contributed by atoms with van der Waals surface area (Å²) in [6.45, 7) is 5.36. The second kappa shape index (κ2) is 8.57. The lowest BCUT2D eigenvalue weighted by molar-refractivity contribution is 0.156. The van der Waals surface area contributed by atoms with Gasteiger partial charge in [0.15, 0.2) is 13.8 Å². The lowest BCUT2D eigenvalue weighted by Crippen LogP contribution is -2.38. The van der Waals surface area contributed by atoms with Gasteiger partial charge in [-0.1, -0.05) is 35.9 Å². The molecular weight excluding hydrogens is 424 g/mol. The van der Waals surface area contributed by atoms with Crippen LogP contribution >= 0.6 is 35.2 Å². The molecule has 6 nitrogen and oxygen atoms in total. The second-order valence-corrected chi connectivity index (χ2v) is 11.0. The van der Waals surface area contributed by atoms with Crippen molar-refractivity contribution in [2.75, 3.05) is 23.4 Å². The Morgan fingerprint density at radius 1 is 1.48 bits per heavy atom. The lowest BCUT2D eigenvalue weighted by atomic mass is 10.2. The molecule has 1 saturated heterocycles. The number of anilines is 2. The average Bonchev–Trinajstić information content (AvgIpc) is 3.12. The predicted octanol–water partition coefficient (Wildman–Crippen LogP) is 4.24. The van der Waals surface area contributed by atoms with E-state index in [1.54, 1.807) is 4.68 Å². The molecule has 1 aliphatic heterocycles. The molecule has 0 spiro atoms. The maximum Gasteiger partial charge on any atom is 0.209 e. The molecule has 0 unspecified atom stereocenters. The van der Waals surface area contributed by atoms with Crippen molar-refractivity contribution in [3.05, 3.63) is 32.7 Å². The average molecular weight is 447 g/mol. The quantitative estimate of drug-likeness (QED) is 0.641. The van der Waals surface area contributed by atoms with Crippen molar-refractivity contribution >= 4 is 55.8 Å². The van der Waals surface area contributed by atoms with Gasteiger partial charge in [-0.05, 0) is 56.2 Å². The van der Waals surface area contributed by atoms with Crippen LogP contribution in [0.3, 0.4) is 0 Å². The zero-order chi connectivity index (χ0) is 19.6. The fraction of sp³-hybridized carbons (Fsp3) is 0.529. The summed E-state index contributed by atoms with van der Waals surface area (Å²) in [4.78, 5) is 2.17. The van der Waals surface area contributed by atoms with Crippen molar-refractivity contribution in [3.63, 3.8) is 0 Å². The minimum Gasteiger partial charge on any atom is -0.330 e. The minimum absolute atomic E-state index is 0.0332. The first-order valence-electron chi connectivity index (χ1n) is 8.83. The van der Waals surface area contributed by atoms with Crippen LogP contribution in [0, 0.1) is 10.9 Å². The van der Waals surface area contributed by atoms with Crippen LogP contribution in [0.15, 0.2) is 18.2 Å². The van der Waals surface area contributed by atoms with Gasteiger partial charge in [-0.3, -0.25) is 4.90 Å². The number of halogens is 1. The smallest absolute Gasteiger partial charge is 0.209 e. The van der Waals surface area contributed by atoms with Crippen molar-refractivity contribution in [2.45, 2.75) is 39.4 Å². The fourth-order valence-corrected chi connectivity index (χ4v) is 6.09. The van der Waals surface area contributed by atoms with Gasteiger partial charge in [0.05, 0.1) is 18.2 Å². The molecule has 1 aliphatic rings. The Bertz CT molecular complexity index is 971. The van der Waals surface area contributed by atoms with Crippen molar-refractivity contribution in [1.82, 2.24) is 14.7 Å². The Kier molecular flexibility index (Phi) is 6.58. The van der Waals surface area contributed by atoms with Crippen LogP contribution in [0.2, 0.25) is 5.02 Å². The molecule has 27 heavy (non-hydrogen) atoms. The SMILES string of the molecule is CCCN(Cn1nc(Nc2ccc(C)c(Cl)c2)sc1=S)[C@H]1CCS(=O)(=O)C1. The van der Waals surface area contributed by atoms with Gasteiger partial charge in [0.25, 0.3) is 0 Å². The molecule has 10 heteroatoms. The molecule has 1 aromatic heterocycles. The zero-order valence-electron chi connectivity index (χ0n) is 15.3. The molecule has 1 fully saturated rings. The topological polar surface area (TPSA) is 67.2 Å². The highest BCUT2D eigenvalue weighted by Gasteiger charge is 2.32. The normalized spacial score (nSPS) is 18.9. The highest BCUT2D eigenvalue weighted by molar-refractivity contribution is 7.91. The van der Waals surface area contributed by atoms with E-state index in [-0.39, 0.29) is 17.5 Å². The van der Waals surface area contributed by atoms with Crippen molar-refractivity contribution in [1.29, 1.82) is 0 Å². The van der Waals surface area contributed by atoms with Crippen LogP contribution in [0.1, 0.15) is 25.3 Å². The molecule has 0 bridgehead atoms. The summed E-state index contributed by atoms with van der Waals surface area (Å²) in [5.41, 5.74) is 1.87.